The first-order chi connectivity index (χ1) is 9.72. The number of likely N-dealkylation sites (N-methyl/N-ethyl adjacent to an activating group) is 1. The number of fused-ring (bicyclic) bond motifs is 1. The van der Waals surface area contributed by atoms with Gasteiger partial charge in [0.25, 0.3) is 0 Å². The molecular formula is C18H24N2. The molecule has 1 fully saturated rings. The van der Waals surface area contributed by atoms with Crippen molar-refractivity contribution in [2.75, 3.05) is 13.6 Å². The van der Waals surface area contributed by atoms with E-state index in [1.165, 1.54) is 29.2 Å². The lowest BCUT2D eigenvalue weighted by atomic mass is 9.97. The van der Waals surface area contributed by atoms with E-state index in [9.17, 15) is 0 Å². The fourth-order valence-corrected chi connectivity index (χ4v) is 3.29. The summed E-state index contributed by atoms with van der Waals surface area (Å²) in [5.74, 6) is 0.808. The molecule has 1 aliphatic carbocycles. The largest absolute Gasteiger partial charge is 0.329 e. The van der Waals surface area contributed by atoms with Crippen molar-refractivity contribution in [2.24, 2.45) is 11.7 Å². The summed E-state index contributed by atoms with van der Waals surface area (Å²) in [4.78, 5) is 2.47. The molecule has 3 rings (SSSR count). The van der Waals surface area contributed by atoms with Gasteiger partial charge in [0.1, 0.15) is 0 Å². The lowest BCUT2D eigenvalue weighted by Gasteiger charge is -2.33. The molecule has 2 heteroatoms. The highest BCUT2D eigenvalue weighted by atomic mass is 15.2. The molecule has 0 aromatic heterocycles. The summed E-state index contributed by atoms with van der Waals surface area (Å²) >= 11 is 0. The molecule has 0 aliphatic heterocycles. The first-order valence-electron chi connectivity index (χ1n) is 7.62. The lowest BCUT2D eigenvalue weighted by molar-refractivity contribution is 0.171. The molecule has 2 unspecified atom stereocenters. The maximum absolute atomic E-state index is 6.00. The standard InChI is InChI=1S/C18H24N2/c1-13(20(2)18(12-19)15-10-11-15)16-9-5-7-14-6-3-4-8-17(14)16/h3-9,13,15,18H,10-12,19H2,1-2H3. The van der Waals surface area contributed by atoms with Crippen LogP contribution in [0.3, 0.4) is 0 Å². The zero-order valence-electron chi connectivity index (χ0n) is 12.4. The van der Waals surface area contributed by atoms with Crippen molar-refractivity contribution in [1.29, 1.82) is 0 Å². The van der Waals surface area contributed by atoms with Gasteiger partial charge in [-0.3, -0.25) is 4.90 Å². The molecule has 0 radical (unpaired) electrons. The van der Waals surface area contributed by atoms with Crippen LogP contribution in [-0.2, 0) is 0 Å². The van der Waals surface area contributed by atoms with Crippen LogP contribution >= 0.6 is 0 Å². The Morgan fingerprint density at radius 1 is 1.15 bits per heavy atom. The molecule has 0 spiro atoms. The molecule has 2 aromatic carbocycles. The van der Waals surface area contributed by atoms with Gasteiger partial charge in [-0.25, -0.2) is 0 Å². The second kappa shape index (κ2) is 5.55. The second-order valence-corrected chi connectivity index (χ2v) is 6.05. The average Bonchev–Trinajstić information content (AvgIpc) is 3.31. The number of hydrogen-bond donors (Lipinski definition) is 1. The number of rotatable bonds is 5. The highest BCUT2D eigenvalue weighted by molar-refractivity contribution is 5.86. The normalized spacial score (nSPS) is 18.4. The van der Waals surface area contributed by atoms with Crippen molar-refractivity contribution in [3.05, 3.63) is 48.0 Å². The topological polar surface area (TPSA) is 29.3 Å². The van der Waals surface area contributed by atoms with Gasteiger partial charge < -0.3 is 5.73 Å². The molecule has 0 saturated heterocycles. The van der Waals surface area contributed by atoms with E-state index >= 15 is 0 Å². The van der Waals surface area contributed by atoms with Crippen LogP contribution in [-0.4, -0.2) is 24.5 Å². The van der Waals surface area contributed by atoms with Gasteiger partial charge in [0, 0.05) is 18.6 Å². The van der Waals surface area contributed by atoms with Crippen LogP contribution in [0.1, 0.15) is 31.4 Å². The highest BCUT2D eigenvalue weighted by Crippen LogP contribution is 2.38. The first kappa shape index (κ1) is 13.6. The van der Waals surface area contributed by atoms with Gasteiger partial charge in [0.15, 0.2) is 0 Å². The van der Waals surface area contributed by atoms with Crippen LogP contribution in [0.25, 0.3) is 10.8 Å². The molecule has 0 heterocycles. The quantitative estimate of drug-likeness (QED) is 0.898. The summed E-state index contributed by atoms with van der Waals surface area (Å²) in [7, 11) is 2.22. The van der Waals surface area contributed by atoms with Gasteiger partial charge in [0.2, 0.25) is 0 Å². The third-order valence-corrected chi connectivity index (χ3v) is 4.82. The number of nitrogens with zero attached hydrogens (tertiary/aromatic N) is 1. The molecule has 2 aromatic rings. The average molecular weight is 268 g/mol. The van der Waals surface area contributed by atoms with Gasteiger partial charge in [0.05, 0.1) is 0 Å². The number of nitrogens with two attached hydrogens (primary N) is 1. The van der Waals surface area contributed by atoms with Gasteiger partial charge in [-0.2, -0.15) is 0 Å². The van der Waals surface area contributed by atoms with Crippen molar-refractivity contribution in [1.82, 2.24) is 4.90 Å². The third-order valence-electron chi connectivity index (χ3n) is 4.82. The van der Waals surface area contributed by atoms with Gasteiger partial charge in [-0.15, -0.1) is 0 Å². The molecule has 1 aliphatic rings. The van der Waals surface area contributed by atoms with E-state index in [2.05, 4.69) is 61.3 Å². The van der Waals surface area contributed by atoms with E-state index in [1.807, 2.05) is 0 Å². The summed E-state index contributed by atoms with van der Waals surface area (Å²) in [6.07, 6.45) is 2.68. The van der Waals surface area contributed by atoms with Crippen molar-refractivity contribution in [3.63, 3.8) is 0 Å². The zero-order chi connectivity index (χ0) is 14.1. The fraction of sp³-hybridized carbons (Fsp3) is 0.444. The Morgan fingerprint density at radius 2 is 1.85 bits per heavy atom. The van der Waals surface area contributed by atoms with Crippen LogP contribution in [0.4, 0.5) is 0 Å². The molecule has 2 nitrogen and oxygen atoms in total. The van der Waals surface area contributed by atoms with Crippen LogP contribution < -0.4 is 5.73 Å². The SMILES string of the molecule is CC(c1cccc2ccccc12)N(C)C(CN)C1CC1. The van der Waals surface area contributed by atoms with Gasteiger partial charge in [-0.05, 0) is 49.1 Å². The molecule has 2 N–H and O–H groups in total. The maximum atomic E-state index is 6.00. The van der Waals surface area contributed by atoms with Gasteiger partial charge in [-0.1, -0.05) is 42.5 Å². The van der Waals surface area contributed by atoms with Crippen LogP contribution in [0.2, 0.25) is 0 Å². The van der Waals surface area contributed by atoms with E-state index in [4.69, 9.17) is 5.73 Å². The Labute approximate surface area is 121 Å². The van der Waals surface area contributed by atoms with Crippen molar-refractivity contribution >= 4 is 10.8 Å². The Morgan fingerprint density at radius 3 is 2.55 bits per heavy atom. The summed E-state index contributed by atoms with van der Waals surface area (Å²) < 4.78 is 0. The summed E-state index contributed by atoms with van der Waals surface area (Å²) in [5, 5.41) is 2.68. The van der Waals surface area contributed by atoms with E-state index in [0.29, 0.717) is 12.1 Å². The molecule has 0 bridgehead atoms. The number of benzene rings is 2. The molecule has 1 saturated carbocycles. The Hall–Kier alpha value is -1.38. The summed E-state index contributed by atoms with van der Waals surface area (Å²) in [5.41, 5.74) is 7.41. The van der Waals surface area contributed by atoms with E-state index in [-0.39, 0.29) is 0 Å². The van der Waals surface area contributed by atoms with Crippen molar-refractivity contribution in [2.45, 2.75) is 31.8 Å². The van der Waals surface area contributed by atoms with Crippen LogP contribution in [0.15, 0.2) is 42.5 Å². The smallest absolute Gasteiger partial charge is 0.0326 e. The monoisotopic (exact) mass is 268 g/mol. The molecule has 20 heavy (non-hydrogen) atoms. The second-order valence-electron chi connectivity index (χ2n) is 6.05. The minimum Gasteiger partial charge on any atom is -0.329 e. The first-order valence-corrected chi connectivity index (χ1v) is 7.62. The lowest BCUT2D eigenvalue weighted by Crippen LogP contribution is -2.41. The minimum absolute atomic E-state index is 0.398. The maximum Gasteiger partial charge on any atom is 0.0326 e. The van der Waals surface area contributed by atoms with E-state index < -0.39 is 0 Å². The molecule has 2 atom stereocenters. The predicted molar refractivity (Wildman–Crippen MR) is 85.7 cm³/mol. The predicted octanol–water partition coefficient (Wildman–Crippen LogP) is 3.57. The third kappa shape index (κ3) is 2.46. The molecule has 0 amide bonds. The zero-order valence-corrected chi connectivity index (χ0v) is 12.4. The van der Waals surface area contributed by atoms with Crippen LogP contribution in [0, 0.1) is 5.92 Å². The Bertz CT molecular complexity index is 583. The van der Waals surface area contributed by atoms with Crippen LogP contribution in [0.5, 0.6) is 0 Å². The Kier molecular flexibility index (Phi) is 3.77. The fourth-order valence-electron chi connectivity index (χ4n) is 3.29. The summed E-state index contributed by atoms with van der Waals surface area (Å²) in [6.45, 7) is 3.06. The van der Waals surface area contributed by atoms with E-state index in [0.717, 1.165) is 12.5 Å². The Balaban J connectivity index is 1.93. The van der Waals surface area contributed by atoms with Crippen molar-refractivity contribution < 1.29 is 0 Å². The minimum atomic E-state index is 0.398. The summed E-state index contributed by atoms with van der Waals surface area (Å²) in [6, 6.07) is 16.2. The molecule has 106 valence electrons. The highest BCUT2D eigenvalue weighted by Gasteiger charge is 2.34. The van der Waals surface area contributed by atoms with E-state index in [1.54, 1.807) is 0 Å². The van der Waals surface area contributed by atoms with Crippen molar-refractivity contribution in [3.8, 4) is 0 Å². The molecular weight excluding hydrogens is 244 g/mol. The van der Waals surface area contributed by atoms with Gasteiger partial charge >= 0.3 is 0 Å². The number of hydrogen-bond acceptors (Lipinski definition) is 2.